The zero-order valence-corrected chi connectivity index (χ0v) is 15.2. The SMILES string of the molecule is COCCOCCNC(=O)CCCCCCCCC(=O)C(C)C. The first kappa shape index (κ1) is 22.1. The van der Waals surface area contributed by atoms with E-state index in [1.54, 1.807) is 7.11 Å². The largest absolute Gasteiger partial charge is 0.382 e. The highest BCUT2D eigenvalue weighted by Gasteiger charge is 2.06. The van der Waals surface area contributed by atoms with Gasteiger partial charge in [0.25, 0.3) is 0 Å². The van der Waals surface area contributed by atoms with Crippen LogP contribution in [0.4, 0.5) is 0 Å². The zero-order chi connectivity index (χ0) is 17.3. The lowest BCUT2D eigenvalue weighted by Gasteiger charge is -2.06. The van der Waals surface area contributed by atoms with E-state index in [0.29, 0.717) is 45.0 Å². The summed E-state index contributed by atoms with van der Waals surface area (Å²) in [5.74, 6) is 0.634. The molecule has 1 amide bonds. The van der Waals surface area contributed by atoms with Gasteiger partial charge in [-0.05, 0) is 12.8 Å². The summed E-state index contributed by atoms with van der Waals surface area (Å²) < 4.78 is 10.1. The Bertz CT molecular complexity index is 305. The molecule has 0 saturated carbocycles. The number of amides is 1. The molecule has 0 unspecified atom stereocenters. The van der Waals surface area contributed by atoms with Crippen molar-refractivity contribution in [3.8, 4) is 0 Å². The van der Waals surface area contributed by atoms with Gasteiger partial charge in [-0.3, -0.25) is 9.59 Å². The number of carbonyl (C=O) groups is 2. The first-order chi connectivity index (χ1) is 11.1. The predicted molar refractivity (Wildman–Crippen MR) is 92.5 cm³/mol. The van der Waals surface area contributed by atoms with Gasteiger partial charge in [-0.2, -0.15) is 0 Å². The molecule has 0 aromatic heterocycles. The fourth-order valence-corrected chi connectivity index (χ4v) is 2.18. The van der Waals surface area contributed by atoms with Crippen LogP contribution in [0, 0.1) is 5.92 Å². The molecule has 0 heterocycles. The van der Waals surface area contributed by atoms with E-state index in [-0.39, 0.29) is 11.8 Å². The molecule has 0 rings (SSSR count). The van der Waals surface area contributed by atoms with Crippen LogP contribution in [0.1, 0.15) is 65.2 Å². The van der Waals surface area contributed by atoms with Gasteiger partial charge < -0.3 is 14.8 Å². The number of ketones is 1. The number of rotatable bonds is 16. The maximum atomic E-state index is 11.6. The maximum Gasteiger partial charge on any atom is 0.220 e. The molecule has 0 fully saturated rings. The van der Waals surface area contributed by atoms with Crippen molar-refractivity contribution >= 4 is 11.7 Å². The molecule has 0 atom stereocenters. The van der Waals surface area contributed by atoms with Crippen LogP contribution in [0.5, 0.6) is 0 Å². The zero-order valence-electron chi connectivity index (χ0n) is 15.2. The third kappa shape index (κ3) is 15.7. The molecular formula is C18H35NO4. The summed E-state index contributed by atoms with van der Waals surface area (Å²) in [5, 5.41) is 2.85. The van der Waals surface area contributed by atoms with Gasteiger partial charge in [0.1, 0.15) is 5.78 Å². The van der Waals surface area contributed by atoms with Crippen molar-refractivity contribution in [1.29, 1.82) is 0 Å². The Hall–Kier alpha value is -0.940. The normalized spacial score (nSPS) is 11.0. The summed E-state index contributed by atoms with van der Waals surface area (Å²) in [6.07, 6.45) is 7.72. The molecule has 0 aromatic rings. The highest BCUT2D eigenvalue weighted by Crippen LogP contribution is 2.10. The minimum Gasteiger partial charge on any atom is -0.382 e. The van der Waals surface area contributed by atoms with E-state index in [1.807, 2.05) is 13.8 Å². The lowest BCUT2D eigenvalue weighted by Crippen LogP contribution is -2.27. The molecule has 1 N–H and O–H groups in total. The van der Waals surface area contributed by atoms with E-state index < -0.39 is 0 Å². The van der Waals surface area contributed by atoms with E-state index >= 15 is 0 Å². The van der Waals surface area contributed by atoms with Crippen molar-refractivity contribution in [3.05, 3.63) is 0 Å². The van der Waals surface area contributed by atoms with Gasteiger partial charge in [-0.25, -0.2) is 0 Å². The highest BCUT2D eigenvalue weighted by molar-refractivity contribution is 5.80. The van der Waals surface area contributed by atoms with Gasteiger partial charge in [0.05, 0.1) is 19.8 Å². The molecule has 0 radical (unpaired) electrons. The van der Waals surface area contributed by atoms with Gasteiger partial charge >= 0.3 is 0 Å². The van der Waals surface area contributed by atoms with E-state index in [4.69, 9.17) is 9.47 Å². The van der Waals surface area contributed by atoms with Crippen LogP contribution < -0.4 is 5.32 Å². The third-order valence-corrected chi connectivity index (χ3v) is 3.72. The van der Waals surface area contributed by atoms with Crippen LogP contribution in [0.15, 0.2) is 0 Å². The summed E-state index contributed by atoms with van der Waals surface area (Å²) in [7, 11) is 1.64. The van der Waals surface area contributed by atoms with Crippen LogP contribution in [-0.4, -0.2) is 45.2 Å². The molecule has 5 nitrogen and oxygen atoms in total. The summed E-state index contributed by atoms with van der Waals surface area (Å²) in [4.78, 5) is 23.0. The molecule has 5 heteroatoms. The van der Waals surface area contributed by atoms with Crippen molar-refractivity contribution in [2.75, 3.05) is 33.5 Å². The Kier molecular flexibility index (Phi) is 15.3. The van der Waals surface area contributed by atoms with Gasteiger partial charge in [0.15, 0.2) is 0 Å². The molecule has 0 bridgehead atoms. The molecule has 23 heavy (non-hydrogen) atoms. The first-order valence-electron chi connectivity index (χ1n) is 8.94. The molecule has 0 aliphatic heterocycles. The number of ether oxygens (including phenoxy) is 2. The van der Waals surface area contributed by atoms with Crippen molar-refractivity contribution in [1.82, 2.24) is 5.32 Å². The van der Waals surface area contributed by atoms with E-state index in [0.717, 1.165) is 38.5 Å². The van der Waals surface area contributed by atoms with E-state index in [1.165, 1.54) is 0 Å². The van der Waals surface area contributed by atoms with Gasteiger partial charge in [-0.15, -0.1) is 0 Å². The standard InChI is InChI=1S/C18H35NO4/c1-16(2)17(20)10-8-6-4-5-7-9-11-18(21)19-12-13-23-15-14-22-3/h16H,4-15H2,1-3H3,(H,19,21). The smallest absolute Gasteiger partial charge is 0.220 e. The van der Waals surface area contributed by atoms with Crippen LogP contribution in [-0.2, 0) is 19.1 Å². The summed E-state index contributed by atoms with van der Waals surface area (Å²) in [6.45, 7) is 6.16. The Morgan fingerprint density at radius 3 is 2.09 bits per heavy atom. The highest BCUT2D eigenvalue weighted by atomic mass is 16.5. The van der Waals surface area contributed by atoms with Crippen molar-refractivity contribution in [2.24, 2.45) is 5.92 Å². The monoisotopic (exact) mass is 329 g/mol. The van der Waals surface area contributed by atoms with Crippen LogP contribution >= 0.6 is 0 Å². The third-order valence-electron chi connectivity index (χ3n) is 3.72. The number of methoxy groups -OCH3 is 1. The Labute approximate surface area is 141 Å². The van der Waals surface area contributed by atoms with Crippen LogP contribution in [0.3, 0.4) is 0 Å². The molecule has 0 spiro atoms. The number of hydrogen-bond donors (Lipinski definition) is 1. The second-order valence-corrected chi connectivity index (χ2v) is 6.20. The van der Waals surface area contributed by atoms with Gasteiger partial charge in [0.2, 0.25) is 5.91 Å². The molecule has 0 aliphatic rings. The Morgan fingerprint density at radius 2 is 1.48 bits per heavy atom. The molecule has 0 aromatic carbocycles. The average Bonchev–Trinajstić information content (AvgIpc) is 2.52. The van der Waals surface area contributed by atoms with E-state index in [9.17, 15) is 9.59 Å². The van der Waals surface area contributed by atoms with Gasteiger partial charge in [0, 0.05) is 32.4 Å². The molecule has 0 saturated heterocycles. The lowest BCUT2D eigenvalue weighted by molar-refractivity contribution is -0.122. The first-order valence-corrected chi connectivity index (χ1v) is 8.94. The molecular weight excluding hydrogens is 294 g/mol. The summed E-state index contributed by atoms with van der Waals surface area (Å²) in [5.41, 5.74) is 0. The van der Waals surface area contributed by atoms with Gasteiger partial charge in [-0.1, -0.05) is 39.5 Å². The van der Waals surface area contributed by atoms with Crippen LogP contribution in [0.2, 0.25) is 0 Å². The number of unbranched alkanes of at least 4 members (excludes halogenated alkanes) is 5. The Balaban J connectivity index is 3.25. The van der Waals surface area contributed by atoms with E-state index in [2.05, 4.69) is 5.32 Å². The Morgan fingerprint density at radius 1 is 0.870 bits per heavy atom. The second kappa shape index (κ2) is 15.9. The van der Waals surface area contributed by atoms with Crippen molar-refractivity contribution in [3.63, 3.8) is 0 Å². The summed E-state index contributed by atoms with van der Waals surface area (Å²) >= 11 is 0. The van der Waals surface area contributed by atoms with Crippen molar-refractivity contribution < 1.29 is 19.1 Å². The molecule has 136 valence electrons. The predicted octanol–water partition coefficient (Wildman–Crippen LogP) is 3.11. The summed E-state index contributed by atoms with van der Waals surface area (Å²) in [6, 6.07) is 0. The quantitative estimate of drug-likeness (QED) is 0.442. The number of nitrogens with one attached hydrogen (secondary N) is 1. The average molecular weight is 329 g/mol. The minimum absolute atomic E-state index is 0.0999. The lowest BCUT2D eigenvalue weighted by atomic mass is 10.0. The second-order valence-electron chi connectivity index (χ2n) is 6.20. The van der Waals surface area contributed by atoms with Crippen molar-refractivity contribution in [2.45, 2.75) is 65.2 Å². The maximum absolute atomic E-state index is 11.6. The topological polar surface area (TPSA) is 64.6 Å². The number of carbonyl (C=O) groups excluding carboxylic acids is 2. The fraction of sp³-hybridized carbons (Fsp3) is 0.889. The minimum atomic E-state index is 0.0999. The number of hydrogen-bond acceptors (Lipinski definition) is 4. The number of Topliss-reactive ketones (excluding diaryl/α,β-unsaturated/α-hetero) is 1. The van der Waals surface area contributed by atoms with Crippen LogP contribution in [0.25, 0.3) is 0 Å². The fourth-order valence-electron chi connectivity index (χ4n) is 2.18. The molecule has 0 aliphatic carbocycles.